The van der Waals surface area contributed by atoms with Gasteiger partial charge in [0.1, 0.15) is 0 Å². The molecule has 0 bridgehead atoms. The number of ketones is 1. The van der Waals surface area contributed by atoms with Crippen LogP contribution in [0, 0.1) is 6.07 Å². The Morgan fingerprint density at radius 2 is 1.51 bits per heavy atom. The molecule has 0 aliphatic rings. The first-order chi connectivity index (χ1) is 17.2. The van der Waals surface area contributed by atoms with Gasteiger partial charge in [-0.1, -0.05) is 58.0 Å². The minimum atomic E-state index is -0.125. The molecule has 1 radical (unpaired) electrons. The number of carbonyl (C=O) groups excluding carboxylic acids is 1. The summed E-state index contributed by atoms with van der Waals surface area (Å²) in [5.74, 6) is 1.65. The fourth-order valence-electron chi connectivity index (χ4n) is 4.15. The second-order valence-corrected chi connectivity index (χ2v) is 9.47. The first-order valence-corrected chi connectivity index (χ1v) is 12.3. The molecule has 1 N–H and O–H groups in total. The average Bonchev–Trinajstić information content (AvgIpc) is 3.33. The fraction of sp³-hybridized carbons (Fsp3) is 0.250. The van der Waals surface area contributed by atoms with Crippen LogP contribution in [0.5, 0.6) is 0 Å². The van der Waals surface area contributed by atoms with Gasteiger partial charge in [-0.15, -0.1) is 35.9 Å². The van der Waals surface area contributed by atoms with Crippen LogP contribution in [0.4, 0.5) is 0 Å². The van der Waals surface area contributed by atoms with E-state index in [-0.39, 0.29) is 31.6 Å². The molecule has 0 atom stereocenters. The van der Waals surface area contributed by atoms with Gasteiger partial charge >= 0.3 is 0 Å². The molecule has 0 aliphatic carbocycles. The van der Waals surface area contributed by atoms with Gasteiger partial charge in [-0.05, 0) is 60.1 Å². The summed E-state index contributed by atoms with van der Waals surface area (Å²) in [6, 6.07) is 26.7. The Morgan fingerprint density at radius 3 is 1.97 bits per heavy atom. The molecule has 5 heteroatoms. The van der Waals surface area contributed by atoms with E-state index in [1.165, 1.54) is 47.9 Å². The van der Waals surface area contributed by atoms with Gasteiger partial charge in [0.2, 0.25) is 0 Å². The summed E-state index contributed by atoms with van der Waals surface area (Å²) in [5, 5.41) is 8.36. The minimum Gasteiger partial charge on any atom is -0.512 e. The molecule has 37 heavy (non-hydrogen) atoms. The normalized spacial score (nSPS) is 11.1. The quantitative estimate of drug-likeness (QED) is 0.128. The Kier molecular flexibility index (Phi) is 11.2. The van der Waals surface area contributed by atoms with E-state index in [4.69, 9.17) is 5.11 Å². The van der Waals surface area contributed by atoms with Crippen molar-refractivity contribution in [1.82, 2.24) is 9.55 Å². The van der Waals surface area contributed by atoms with Crippen molar-refractivity contribution < 1.29 is 30.0 Å². The third-order valence-corrected chi connectivity index (χ3v) is 5.76. The van der Waals surface area contributed by atoms with E-state index in [0.29, 0.717) is 11.8 Å². The molecular formula is C32H35IrN2O2-. The van der Waals surface area contributed by atoms with Crippen molar-refractivity contribution in [3.05, 3.63) is 108 Å². The standard InChI is InChI=1S/C27H27N2.C5H8O2.Ir/c1-19(2)24-17-23(21-11-7-5-8-12-21)18-25(20(3)4)26(24)29-16-15-28-27(29)22-13-9-6-10-14-22;1-4(6)3-5(2)7;/h5-13,15-20H,1-4H3;3,6H,1-2H3;/q-1;;/b;4-3-;. The van der Waals surface area contributed by atoms with Crippen molar-refractivity contribution in [1.29, 1.82) is 0 Å². The Hall–Kier alpha value is -3.27. The fourth-order valence-corrected chi connectivity index (χ4v) is 4.15. The number of benzene rings is 3. The molecule has 0 fully saturated rings. The first-order valence-electron chi connectivity index (χ1n) is 12.3. The third-order valence-electron chi connectivity index (χ3n) is 5.76. The van der Waals surface area contributed by atoms with Crippen molar-refractivity contribution in [3.8, 4) is 28.2 Å². The molecule has 0 aliphatic heterocycles. The number of carbonyl (C=O) groups is 1. The van der Waals surface area contributed by atoms with E-state index in [0.717, 1.165) is 11.4 Å². The van der Waals surface area contributed by atoms with E-state index >= 15 is 0 Å². The number of hydrogen-bond acceptors (Lipinski definition) is 3. The summed E-state index contributed by atoms with van der Waals surface area (Å²) in [4.78, 5) is 14.7. The van der Waals surface area contributed by atoms with Crippen molar-refractivity contribution in [2.24, 2.45) is 0 Å². The Morgan fingerprint density at radius 1 is 0.919 bits per heavy atom. The molecular weight excluding hydrogens is 637 g/mol. The Labute approximate surface area is 234 Å². The average molecular weight is 672 g/mol. The summed E-state index contributed by atoms with van der Waals surface area (Å²) in [6.07, 6.45) is 5.13. The summed E-state index contributed by atoms with van der Waals surface area (Å²) in [7, 11) is 0. The smallest absolute Gasteiger partial charge is 0.155 e. The third kappa shape index (κ3) is 7.85. The van der Waals surface area contributed by atoms with Gasteiger partial charge in [0.15, 0.2) is 5.78 Å². The van der Waals surface area contributed by atoms with Crippen molar-refractivity contribution >= 4 is 5.78 Å². The predicted molar refractivity (Wildman–Crippen MR) is 149 cm³/mol. The number of nitrogens with zero attached hydrogens (tertiary/aromatic N) is 2. The molecule has 195 valence electrons. The van der Waals surface area contributed by atoms with Gasteiger partial charge in [-0.2, -0.15) is 0 Å². The van der Waals surface area contributed by atoms with E-state index in [9.17, 15) is 4.79 Å². The molecule has 0 spiro atoms. The van der Waals surface area contributed by atoms with Crippen LogP contribution in [0.1, 0.15) is 64.5 Å². The van der Waals surface area contributed by atoms with Crippen LogP contribution >= 0.6 is 0 Å². The Bertz CT molecular complexity index is 1290. The molecule has 1 aromatic heterocycles. The van der Waals surface area contributed by atoms with Gasteiger partial charge in [-0.25, -0.2) is 0 Å². The van der Waals surface area contributed by atoms with Gasteiger partial charge in [0.05, 0.1) is 11.6 Å². The molecule has 1 heterocycles. The van der Waals surface area contributed by atoms with Crippen molar-refractivity contribution in [2.75, 3.05) is 0 Å². The van der Waals surface area contributed by atoms with Crippen LogP contribution in [-0.2, 0) is 24.9 Å². The summed E-state index contributed by atoms with van der Waals surface area (Å²) < 4.78 is 2.24. The number of aliphatic hydroxyl groups excluding tert-OH is 1. The topological polar surface area (TPSA) is 55.1 Å². The van der Waals surface area contributed by atoms with Crippen LogP contribution < -0.4 is 0 Å². The van der Waals surface area contributed by atoms with E-state index in [1.807, 2.05) is 24.4 Å². The van der Waals surface area contributed by atoms with Crippen molar-refractivity contribution in [2.45, 2.75) is 53.4 Å². The molecule has 4 rings (SSSR count). The molecule has 0 amide bonds. The zero-order chi connectivity index (χ0) is 26.2. The SMILES string of the molecule is CC(=O)/C=C(/C)O.CC(C)c1cc(-c2ccccc2)cc(C(C)C)c1-n1ccnc1-c1[c-]cccc1.[Ir]. The van der Waals surface area contributed by atoms with E-state index in [1.54, 1.807) is 0 Å². The molecule has 0 saturated carbocycles. The number of aromatic nitrogens is 2. The maximum absolute atomic E-state index is 10.0. The molecule has 0 saturated heterocycles. The number of imidazole rings is 1. The van der Waals surface area contributed by atoms with E-state index in [2.05, 4.69) is 98.0 Å². The maximum Gasteiger partial charge on any atom is 0.155 e. The first kappa shape index (κ1) is 30.0. The predicted octanol–water partition coefficient (Wildman–Crippen LogP) is 8.29. The number of hydrogen-bond donors (Lipinski definition) is 1. The monoisotopic (exact) mass is 672 g/mol. The van der Waals surface area contributed by atoms with E-state index < -0.39 is 0 Å². The van der Waals surface area contributed by atoms with Crippen molar-refractivity contribution in [3.63, 3.8) is 0 Å². The second kappa shape index (κ2) is 13.9. The van der Waals surface area contributed by atoms with Crippen LogP contribution in [0.25, 0.3) is 28.2 Å². The van der Waals surface area contributed by atoms with Gasteiger partial charge in [0, 0.05) is 44.3 Å². The summed E-state index contributed by atoms with van der Waals surface area (Å²) >= 11 is 0. The second-order valence-electron chi connectivity index (χ2n) is 9.47. The van der Waals surface area contributed by atoms with Gasteiger partial charge in [-0.3, -0.25) is 9.78 Å². The largest absolute Gasteiger partial charge is 0.512 e. The molecule has 0 unspecified atom stereocenters. The number of rotatable bonds is 6. The summed E-state index contributed by atoms with van der Waals surface area (Å²) in [6.45, 7) is 11.9. The van der Waals surface area contributed by atoms with Crippen LogP contribution in [0.2, 0.25) is 0 Å². The number of aliphatic hydroxyl groups is 1. The van der Waals surface area contributed by atoms with Crippen LogP contribution in [0.15, 0.2) is 91.0 Å². The van der Waals surface area contributed by atoms with Gasteiger partial charge < -0.3 is 9.67 Å². The minimum absolute atomic E-state index is 0. The van der Waals surface area contributed by atoms with Crippen LogP contribution in [-0.4, -0.2) is 20.4 Å². The molecule has 3 aromatic carbocycles. The maximum atomic E-state index is 10.0. The molecule has 4 aromatic rings. The summed E-state index contributed by atoms with van der Waals surface area (Å²) in [5.41, 5.74) is 7.46. The zero-order valence-electron chi connectivity index (χ0n) is 22.3. The number of allylic oxidation sites excluding steroid dienone is 2. The zero-order valence-corrected chi connectivity index (χ0v) is 24.7. The van der Waals surface area contributed by atoms with Crippen LogP contribution in [0.3, 0.4) is 0 Å². The molecule has 4 nitrogen and oxygen atoms in total. The Balaban J connectivity index is 0.000000532. The van der Waals surface area contributed by atoms with Gasteiger partial charge in [0.25, 0.3) is 0 Å².